The van der Waals surface area contributed by atoms with Crippen LogP contribution in [0.4, 0.5) is 13.2 Å². The Balaban J connectivity index is 1.54. The summed E-state index contributed by atoms with van der Waals surface area (Å²) in [6, 6.07) is 8.62. The van der Waals surface area contributed by atoms with E-state index in [-0.39, 0.29) is 23.3 Å². The number of hydrogen-bond acceptors (Lipinski definition) is 2. The maximum Gasteiger partial charge on any atom is 0.129 e. The number of H-pyrrole nitrogens is 1. The van der Waals surface area contributed by atoms with E-state index in [0.717, 1.165) is 55.5 Å². The van der Waals surface area contributed by atoms with E-state index in [4.69, 9.17) is 0 Å². The second-order valence-electron chi connectivity index (χ2n) is 8.22. The molecule has 2 bridgehead atoms. The number of aromatic amines is 1. The molecule has 1 atom stereocenters. The number of nitrogens with one attached hydrogen (secondary N) is 1. The molecule has 0 saturated carbocycles. The highest BCUT2D eigenvalue weighted by molar-refractivity contribution is 5.85. The van der Waals surface area contributed by atoms with Crippen LogP contribution in [0.3, 0.4) is 0 Å². The molecule has 3 nitrogen and oxygen atoms in total. The van der Waals surface area contributed by atoms with Crippen molar-refractivity contribution in [3.05, 3.63) is 70.7 Å². The summed E-state index contributed by atoms with van der Waals surface area (Å²) in [5.74, 6) is -1.00. The molecule has 144 valence electrons. The fourth-order valence-corrected chi connectivity index (χ4v) is 5.77. The fraction of sp³-hybridized carbons (Fsp3) is 0.364. The van der Waals surface area contributed by atoms with Crippen molar-refractivity contribution in [1.82, 2.24) is 14.8 Å². The van der Waals surface area contributed by atoms with Gasteiger partial charge in [-0.15, -0.1) is 0 Å². The van der Waals surface area contributed by atoms with E-state index < -0.39 is 5.82 Å². The molecule has 3 fully saturated rings. The molecular formula is C22H20F3N3. The van der Waals surface area contributed by atoms with Gasteiger partial charge in [0.15, 0.2) is 0 Å². The Labute approximate surface area is 160 Å². The van der Waals surface area contributed by atoms with Crippen LogP contribution in [0, 0.1) is 17.5 Å². The first kappa shape index (κ1) is 16.6. The quantitative estimate of drug-likeness (QED) is 0.671. The minimum absolute atomic E-state index is 0.229. The predicted molar refractivity (Wildman–Crippen MR) is 100 cm³/mol. The van der Waals surface area contributed by atoms with Gasteiger partial charge in [0.2, 0.25) is 0 Å². The molecular weight excluding hydrogens is 363 g/mol. The van der Waals surface area contributed by atoms with Crippen molar-refractivity contribution < 1.29 is 13.2 Å². The summed E-state index contributed by atoms with van der Waals surface area (Å²) < 4.78 is 42.5. The molecule has 4 aliphatic heterocycles. The van der Waals surface area contributed by atoms with Crippen LogP contribution in [0.1, 0.15) is 35.8 Å². The Morgan fingerprint density at radius 2 is 1.68 bits per heavy atom. The lowest BCUT2D eigenvalue weighted by Gasteiger charge is -2.62. The van der Waals surface area contributed by atoms with Crippen LogP contribution in [0.2, 0.25) is 0 Å². The van der Waals surface area contributed by atoms with Crippen molar-refractivity contribution in [3.63, 3.8) is 0 Å². The summed E-state index contributed by atoms with van der Waals surface area (Å²) in [7, 11) is 0. The third-order valence-corrected chi connectivity index (χ3v) is 6.99. The van der Waals surface area contributed by atoms with E-state index in [1.807, 2.05) is 0 Å². The molecule has 1 unspecified atom stereocenters. The predicted octanol–water partition coefficient (Wildman–Crippen LogP) is 4.45. The van der Waals surface area contributed by atoms with Gasteiger partial charge in [-0.1, -0.05) is 0 Å². The van der Waals surface area contributed by atoms with E-state index in [1.54, 1.807) is 12.1 Å². The summed E-state index contributed by atoms with van der Waals surface area (Å²) in [4.78, 5) is 8.16. The number of piperidine rings is 1. The highest BCUT2D eigenvalue weighted by Gasteiger charge is 2.55. The Hall–Kier alpha value is -2.31. The summed E-state index contributed by atoms with van der Waals surface area (Å²) in [6.45, 7) is 2.41. The van der Waals surface area contributed by atoms with Gasteiger partial charge in [0.25, 0.3) is 0 Å². The first-order valence-corrected chi connectivity index (χ1v) is 9.83. The average Bonchev–Trinajstić information content (AvgIpc) is 3.08. The van der Waals surface area contributed by atoms with Gasteiger partial charge in [-0.3, -0.25) is 9.80 Å². The van der Waals surface area contributed by atoms with E-state index in [2.05, 4.69) is 14.8 Å². The number of rotatable bonds is 1. The third kappa shape index (κ3) is 2.07. The molecule has 2 aromatic carbocycles. The molecule has 3 saturated heterocycles. The number of halogens is 3. The molecule has 5 heterocycles. The summed E-state index contributed by atoms with van der Waals surface area (Å²) in [6.07, 6.45) is 2.36. The second-order valence-corrected chi connectivity index (χ2v) is 8.22. The van der Waals surface area contributed by atoms with E-state index in [9.17, 15) is 13.2 Å². The van der Waals surface area contributed by atoms with E-state index in [0.29, 0.717) is 5.56 Å². The minimum Gasteiger partial charge on any atom is -0.357 e. The second kappa shape index (κ2) is 5.61. The number of aromatic nitrogens is 1. The molecule has 3 aromatic rings. The number of benzene rings is 2. The maximum absolute atomic E-state index is 14.7. The van der Waals surface area contributed by atoms with Crippen molar-refractivity contribution in [3.8, 4) is 0 Å². The SMILES string of the molecule is Fc1ccc(F)c(C2N3CCC4(CC3)c3[nH]c5ccc(F)cc5c3CCN24)c1. The molecule has 1 N–H and O–H groups in total. The van der Waals surface area contributed by atoms with Crippen molar-refractivity contribution in [2.75, 3.05) is 19.6 Å². The van der Waals surface area contributed by atoms with Crippen molar-refractivity contribution in [1.29, 1.82) is 0 Å². The van der Waals surface area contributed by atoms with Gasteiger partial charge in [0, 0.05) is 41.8 Å². The Bertz CT molecular complexity index is 1100. The van der Waals surface area contributed by atoms with Crippen molar-refractivity contribution in [2.45, 2.75) is 31.0 Å². The van der Waals surface area contributed by atoms with Crippen molar-refractivity contribution >= 4 is 10.9 Å². The van der Waals surface area contributed by atoms with Gasteiger partial charge in [-0.05, 0) is 61.2 Å². The van der Waals surface area contributed by atoms with Gasteiger partial charge in [0.05, 0.1) is 11.7 Å². The first-order valence-electron chi connectivity index (χ1n) is 9.83. The van der Waals surface area contributed by atoms with Crippen LogP contribution >= 0.6 is 0 Å². The molecule has 0 aliphatic carbocycles. The largest absolute Gasteiger partial charge is 0.357 e. The molecule has 0 amide bonds. The lowest BCUT2D eigenvalue weighted by Crippen LogP contribution is -2.66. The Kier molecular flexibility index (Phi) is 3.33. The third-order valence-electron chi connectivity index (χ3n) is 6.99. The van der Waals surface area contributed by atoms with Crippen LogP contribution < -0.4 is 0 Å². The van der Waals surface area contributed by atoms with E-state index in [1.165, 1.54) is 29.8 Å². The lowest BCUT2D eigenvalue weighted by atomic mass is 9.73. The zero-order valence-electron chi connectivity index (χ0n) is 15.3. The molecule has 1 spiro atoms. The van der Waals surface area contributed by atoms with Gasteiger partial charge in [-0.2, -0.15) is 0 Å². The highest BCUT2D eigenvalue weighted by atomic mass is 19.1. The number of nitrogens with zero attached hydrogens (tertiary/aromatic N) is 2. The smallest absolute Gasteiger partial charge is 0.129 e. The van der Waals surface area contributed by atoms with Gasteiger partial charge >= 0.3 is 0 Å². The van der Waals surface area contributed by atoms with Gasteiger partial charge in [-0.25, -0.2) is 13.2 Å². The van der Waals surface area contributed by atoms with Gasteiger partial charge in [0.1, 0.15) is 17.5 Å². The standard InChI is InChI=1S/C22H20F3N3/c23-13-1-3-18(25)17(12-13)21-27-9-6-22(7-10-27)20-15(5-8-28(21)22)16-11-14(24)2-4-19(16)26-20/h1-4,11-12,21,26H,5-10H2. The van der Waals surface area contributed by atoms with Crippen molar-refractivity contribution in [2.24, 2.45) is 0 Å². The molecule has 4 aliphatic rings. The fourth-order valence-electron chi connectivity index (χ4n) is 5.77. The zero-order chi connectivity index (χ0) is 19.0. The van der Waals surface area contributed by atoms with Crippen LogP contribution in [0.25, 0.3) is 10.9 Å². The average molecular weight is 383 g/mol. The van der Waals surface area contributed by atoms with E-state index >= 15 is 0 Å². The number of fused-ring (bicyclic) bond motifs is 5. The number of hydrogen-bond donors (Lipinski definition) is 1. The maximum atomic E-state index is 14.7. The van der Waals surface area contributed by atoms with Gasteiger partial charge < -0.3 is 4.98 Å². The molecule has 0 radical (unpaired) electrons. The summed E-state index contributed by atoms with van der Waals surface area (Å²) in [5, 5.41) is 0.950. The topological polar surface area (TPSA) is 22.3 Å². The monoisotopic (exact) mass is 383 g/mol. The minimum atomic E-state index is -0.410. The molecule has 1 aromatic heterocycles. The summed E-state index contributed by atoms with van der Waals surface area (Å²) >= 11 is 0. The van der Waals surface area contributed by atoms with Crippen LogP contribution in [-0.2, 0) is 12.0 Å². The van der Waals surface area contributed by atoms with Crippen LogP contribution in [-0.4, -0.2) is 34.4 Å². The molecule has 28 heavy (non-hydrogen) atoms. The lowest BCUT2D eigenvalue weighted by molar-refractivity contribution is -0.150. The Morgan fingerprint density at radius 1 is 0.929 bits per heavy atom. The zero-order valence-corrected chi connectivity index (χ0v) is 15.3. The first-order chi connectivity index (χ1) is 13.6. The highest BCUT2D eigenvalue weighted by Crippen LogP contribution is 2.54. The Morgan fingerprint density at radius 3 is 2.50 bits per heavy atom. The molecule has 7 rings (SSSR count). The summed E-state index contributed by atoms with van der Waals surface area (Å²) in [5.41, 5.74) is 3.44. The normalized spacial score (nSPS) is 29.1. The van der Waals surface area contributed by atoms with Crippen LogP contribution in [0.15, 0.2) is 36.4 Å². The molecule has 6 heteroatoms. The van der Waals surface area contributed by atoms with Crippen LogP contribution in [0.5, 0.6) is 0 Å².